The number of benzene rings is 1. The minimum Gasteiger partial charge on any atom is -0.334 e. The summed E-state index contributed by atoms with van der Waals surface area (Å²) in [5.74, 6) is 0.932. The molecule has 3 N–H and O–H groups in total. The van der Waals surface area contributed by atoms with Crippen LogP contribution < -0.4 is 10.5 Å². The van der Waals surface area contributed by atoms with E-state index in [0.717, 1.165) is 19.3 Å². The molecule has 0 radical (unpaired) electrons. The van der Waals surface area contributed by atoms with Gasteiger partial charge in [0.2, 0.25) is 10.0 Å². The fourth-order valence-corrected chi connectivity index (χ4v) is 3.66. The van der Waals surface area contributed by atoms with E-state index in [1.165, 1.54) is 0 Å². The molecule has 0 spiro atoms. The van der Waals surface area contributed by atoms with E-state index in [1.54, 1.807) is 24.3 Å². The molecule has 1 fully saturated rings. The molecule has 1 heterocycles. The highest BCUT2D eigenvalue weighted by molar-refractivity contribution is 7.92. The second kappa shape index (κ2) is 7.08. The molecule has 0 atom stereocenters. The van der Waals surface area contributed by atoms with E-state index in [4.69, 9.17) is 10.3 Å². The molecule has 1 aromatic carbocycles. The number of nitrogens with zero attached hydrogens (tertiary/aromatic N) is 2. The average molecular weight is 373 g/mol. The van der Waals surface area contributed by atoms with Gasteiger partial charge >= 0.3 is 0 Å². The number of aromatic nitrogens is 2. The Morgan fingerprint density at radius 3 is 2.75 bits per heavy atom. The van der Waals surface area contributed by atoms with Crippen molar-refractivity contribution in [1.82, 2.24) is 10.1 Å². The maximum Gasteiger partial charge on any atom is 0.258 e. The van der Waals surface area contributed by atoms with Crippen LogP contribution in [0.1, 0.15) is 38.4 Å². The molecule has 1 saturated carbocycles. The van der Waals surface area contributed by atoms with E-state index in [2.05, 4.69) is 14.9 Å². The Balaban J connectivity index is 0.00000208. The van der Waals surface area contributed by atoms with Gasteiger partial charge in [0, 0.05) is 11.3 Å². The van der Waals surface area contributed by atoms with Crippen molar-refractivity contribution >= 4 is 28.1 Å². The number of halogens is 1. The van der Waals surface area contributed by atoms with Crippen molar-refractivity contribution in [3.05, 3.63) is 30.1 Å². The second-order valence-corrected chi connectivity index (χ2v) is 7.78. The second-order valence-electron chi connectivity index (χ2n) is 5.93. The number of nitrogens with two attached hydrogens (primary N) is 1. The molecule has 0 saturated heterocycles. The Labute approximate surface area is 147 Å². The zero-order chi connectivity index (χ0) is 16.5. The van der Waals surface area contributed by atoms with Crippen LogP contribution in [0.15, 0.2) is 28.8 Å². The molecule has 2 aromatic rings. The summed E-state index contributed by atoms with van der Waals surface area (Å²) in [5.41, 5.74) is 6.83. The van der Waals surface area contributed by atoms with Crippen LogP contribution in [-0.4, -0.2) is 24.3 Å². The maximum absolute atomic E-state index is 11.9. The predicted octanol–water partition coefficient (Wildman–Crippen LogP) is 2.65. The van der Waals surface area contributed by atoms with Gasteiger partial charge in [-0.25, -0.2) is 8.42 Å². The van der Waals surface area contributed by atoms with E-state index in [1.807, 2.05) is 6.92 Å². The van der Waals surface area contributed by atoms with Crippen molar-refractivity contribution in [3.8, 4) is 11.5 Å². The average Bonchev–Trinajstić information content (AvgIpc) is 2.94. The molecule has 7 nitrogen and oxygen atoms in total. The summed E-state index contributed by atoms with van der Waals surface area (Å²) in [6.45, 7) is 1.82. The summed E-state index contributed by atoms with van der Waals surface area (Å²) in [6, 6.07) is 6.89. The SMILES string of the molecule is CCCS(=O)(=O)Nc1cccc(-c2nc(C3(N)CCC3)no2)c1.Cl. The quantitative estimate of drug-likeness (QED) is 0.806. The highest BCUT2D eigenvalue weighted by Crippen LogP contribution is 2.37. The minimum absolute atomic E-state index is 0. The summed E-state index contributed by atoms with van der Waals surface area (Å²) in [6.07, 6.45) is 3.32. The lowest BCUT2D eigenvalue weighted by Gasteiger charge is -2.34. The van der Waals surface area contributed by atoms with Gasteiger partial charge in [-0.15, -0.1) is 12.4 Å². The first-order valence-electron chi connectivity index (χ1n) is 7.66. The lowest BCUT2D eigenvalue weighted by molar-refractivity contribution is 0.229. The molecule has 0 aliphatic heterocycles. The smallest absolute Gasteiger partial charge is 0.258 e. The van der Waals surface area contributed by atoms with Gasteiger partial charge in [-0.2, -0.15) is 4.98 Å². The lowest BCUT2D eigenvalue weighted by atomic mass is 9.77. The van der Waals surface area contributed by atoms with E-state index in [9.17, 15) is 8.42 Å². The number of sulfonamides is 1. The summed E-state index contributed by atoms with van der Waals surface area (Å²) in [7, 11) is -3.33. The fourth-order valence-electron chi connectivity index (χ4n) is 2.54. The zero-order valence-corrected chi connectivity index (χ0v) is 15.0. The first kappa shape index (κ1) is 18.7. The number of rotatable bonds is 6. The largest absolute Gasteiger partial charge is 0.334 e. The van der Waals surface area contributed by atoms with Gasteiger partial charge < -0.3 is 10.3 Å². The summed E-state index contributed by atoms with van der Waals surface area (Å²) in [4.78, 5) is 4.37. The van der Waals surface area contributed by atoms with Gasteiger partial charge in [-0.05, 0) is 43.9 Å². The summed E-state index contributed by atoms with van der Waals surface area (Å²) >= 11 is 0. The molecule has 0 unspecified atom stereocenters. The summed E-state index contributed by atoms with van der Waals surface area (Å²) in [5, 5.41) is 3.97. The third-order valence-corrected chi connectivity index (χ3v) is 5.47. The molecule has 132 valence electrons. The Bertz CT molecular complexity index is 803. The first-order chi connectivity index (χ1) is 10.9. The van der Waals surface area contributed by atoms with Gasteiger partial charge in [0.1, 0.15) is 0 Å². The van der Waals surface area contributed by atoms with Crippen molar-refractivity contribution in [2.75, 3.05) is 10.5 Å². The van der Waals surface area contributed by atoms with Gasteiger partial charge in [0.15, 0.2) is 5.82 Å². The fraction of sp³-hybridized carbons (Fsp3) is 0.467. The van der Waals surface area contributed by atoms with Crippen molar-refractivity contribution in [1.29, 1.82) is 0 Å². The van der Waals surface area contributed by atoms with Crippen LogP contribution in [-0.2, 0) is 15.6 Å². The molecular weight excluding hydrogens is 352 g/mol. The van der Waals surface area contributed by atoms with E-state index >= 15 is 0 Å². The van der Waals surface area contributed by atoms with Gasteiger partial charge in [0.25, 0.3) is 5.89 Å². The van der Waals surface area contributed by atoms with Crippen LogP contribution in [0.3, 0.4) is 0 Å². The lowest BCUT2D eigenvalue weighted by Crippen LogP contribution is -2.44. The Hall–Kier alpha value is -1.64. The number of anilines is 1. The van der Waals surface area contributed by atoms with Crippen LogP contribution >= 0.6 is 12.4 Å². The van der Waals surface area contributed by atoms with Crippen molar-refractivity contribution in [2.24, 2.45) is 5.73 Å². The third kappa shape index (κ3) is 3.88. The number of nitrogens with one attached hydrogen (secondary N) is 1. The predicted molar refractivity (Wildman–Crippen MR) is 94.4 cm³/mol. The van der Waals surface area contributed by atoms with Crippen molar-refractivity contribution in [3.63, 3.8) is 0 Å². The standard InChI is InChI=1S/C15H20N4O3S.ClH/c1-2-9-23(20,21)19-12-6-3-5-11(10-12)13-17-14(18-22-13)15(16)7-4-8-15;/h3,5-6,10,19H,2,4,7-9,16H2,1H3;1H. The van der Waals surface area contributed by atoms with Crippen molar-refractivity contribution in [2.45, 2.75) is 38.1 Å². The normalized spacial score (nSPS) is 16.1. The van der Waals surface area contributed by atoms with Gasteiger partial charge in [0.05, 0.1) is 11.3 Å². The number of hydrogen-bond donors (Lipinski definition) is 2. The zero-order valence-electron chi connectivity index (χ0n) is 13.4. The Kier molecular flexibility index (Phi) is 5.52. The topological polar surface area (TPSA) is 111 Å². The molecule has 1 aromatic heterocycles. The molecule has 0 amide bonds. The van der Waals surface area contributed by atoms with Crippen LogP contribution in [0.25, 0.3) is 11.5 Å². The molecule has 1 aliphatic carbocycles. The summed E-state index contributed by atoms with van der Waals surface area (Å²) < 4.78 is 31.5. The molecule has 9 heteroatoms. The number of hydrogen-bond acceptors (Lipinski definition) is 6. The van der Waals surface area contributed by atoms with Gasteiger partial charge in [-0.1, -0.05) is 18.1 Å². The first-order valence-corrected chi connectivity index (χ1v) is 9.31. The van der Waals surface area contributed by atoms with Crippen LogP contribution in [0.2, 0.25) is 0 Å². The molecule has 24 heavy (non-hydrogen) atoms. The van der Waals surface area contributed by atoms with E-state index < -0.39 is 15.6 Å². The maximum atomic E-state index is 11.9. The van der Waals surface area contributed by atoms with Crippen LogP contribution in [0.4, 0.5) is 5.69 Å². The monoisotopic (exact) mass is 372 g/mol. The van der Waals surface area contributed by atoms with Crippen LogP contribution in [0.5, 0.6) is 0 Å². The van der Waals surface area contributed by atoms with E-state index in [0.29, 0.717) is 29.4 Å². The molecule has 0 bridgehead atoms. The molecular formula is C15H21ClN4O3S. The highest BCUT2D eigenvalue weighted by atomic mass is 35.5. The Morgan fingerprint density at radius 2 is 2.12 bits per heavy atom. The van der Waals surface area contributed by atoms with E-state index in [-0.39, 0.29) is 18.2 Å². The molecule has 3 rings (SSSR count). The highest BCUT2D eigenvalue weighted by Gasteiger charge is 2.39. The third-order valence-electron chi connectivity index (χ3n) is 3.97. The Morgan fingerprint density at radius 1 is 1.38 bits per heavy atom. The minimum atomic E-state index is -3.33. The van der Waals surface area contributed by atoms with Crippen molar-refractivity contribution < 1.29 is 12.9 Å². The molecule has 1 aliphatic rings. The van der Waals surface area contributed by atoms with Crippen LogP contribution in [0, 0.1) is 0 Å². The van der Waals surface area contributed by atoms with Gasteiger partial charge in [-0.3, -0.25) is 4.72 Å².